The van der Waals surface area contributed by atoms with Crippen LogP contribution >= 0.6 is 35.0 Å². The first-order chi connectivity index (χ1) is 8.62. The Balaban J connectivity index is 2.63. The summed E-state index contributed by atoms with van der Waals surface area (Å²) < 4.78 is 60.9. The fourth-order valence-electron chi connectivity index (χ4n) is 0.977. The topological polar surface area (TPSA) is 59.1 Å². The Morgan fingerprint density at radius 1 is 1.37 bits per heavy atom. The number of rotatable bonds is 5. The Morgan fingerprint density at radius 2 is 2.00 bits per heavy atom. The summed E-state index contributed by atoms with van der Waals surface area (Å²) >= 11 is 10.8. The second-order valence-corrected chi connectivity index (χ2v) is 6.83. The molecule has 19 heavy (non-hydrogen) atoms. The van der Waals surface area contributed by atoms with Crippen molar-refractivity contribution in [1.82, 2.24) is 9.71 Å². The number of nitrogens with zero attached hydrogens (tertiary/aromatic N) is 1. The summed E-state index contributed by atoms with van der Waals surface area (Å²) in [4.78, 5) is 3.28. The molecule has 0 spiro atoms. The van der Waals surface area contributed by atoms with Crippen molar-refractivity contribution in [2.45, 2.75) is 10.4 Å². The van der Waals surface area contributed by atoms with Gasteiger partial charge < -0.3 is 0 Å². The lowest BCUT2D eigenvalue weighted by Crippen LogP contribution is -2.26. The number of hydrogen-bond donors (Lipinski definition) is 1. The van der Waals surface area contributed by atoms with Crippen LogP contribution in [0.2, 0.25) is 10.2 Å². The zero-order chi connectivity index (χ0) is 14.7. The molecule has 0 aliphatic carbocycles. The van der Waals surface area contributed by atoms with E-state index in [9.17, 15) is 21.6 Å². The highest BCUT2D eigenvalue weighted by molar-refractivity contribution is 8.00. The molecule has 0 aromatic carbocycles. The zero-order valence-corrected chi connectivity index (χ0v) is 12.2. The van der Waals surface area contributed by atoms with Crippen molar-refractivity contribution in [3.05, 3.63) is 22.4 Å². The first-order valence-electron chi connectivity index (χ1n) is 4.63. The first-order valence-corrected chi connectivity index (χ1v) is 7.86. The smallest absolute Gasteiger partial charge is 0.242 e. The summed E-state index contributed by atoms with van der Waals surface area (Å²) in [6.07, 6.45) is 0.966. The van der Waals surface area contributed by atoms with Gasteiger partial charge in [0, 0.05) is 18.5 Å². The predicted molar refractivity (Wildman–Crippen MR) is 68.0 cm³/mol. The maximum absolute atomic E-state index is 11.8. The van der Waals surface area contributed by atoms with E-state index in [1.54, 1.807) is 0 Å². The van der Waals surface area contributed by atoms with E-state index >= 15 is 0 Å². The van der Waals surface area contributed by atoms with Gasteiger partial charge >= 0.3 is 5.51 Å². The van der Waals surface area contributed by atoms with E-state index < -0.39 is 21.3 Å². The van der Waals surface area contributed by atoms with E-state index in [0.717, 1.165) is 12.3 Å². The number of pyridine rings is 1. The molecule has 0 saturated carbocycles. The van der Waals surface area contributed by atoms with Gasteiger partial charge in [0.2, 0.25) is 10.0 Å². The standard InChI is InChI=1S/C8H7Cl2F3N2O2S2/c9-6-3-5(4-14-7(6)10)19(16,17)15-1-2-18-8(11,12)13/h3-4,15H,1-2H2. The molecule has 1 aromatic rings. The van der Waals surface area contributed by atoms with Gasteiger partial charge in [-0.05, 0) is 17.8 Å². The highest BCUT2D eigenvalue weighted by Crippen LogP contribution is 2.29. The molecule has 0 amide bonds. The number of aromatic nitrogens is 1. The summed E-state index contributed by atoms with van der Waals surface area (Å²) in [6, 6.07) is 1.07. The molecule has 1 heterocycles. The van der Waals surface area contributed by atoms with E-state index in [2.05, 4.69) is 4.98 Å². The molecule has 0 aliphatic rings. The molecular weight excluding hydrogens is 348 g/mol. The monoisotopic (exact) mass is 354 g/mol. The molecule has 4 nitrogen and oxygen atoms in total. The van der Waals surface area contributed by atoms with Crippen LogP contribution in [0.4, 0.5) is 13.2 Å². The first kappa shape index (κ1) is 16.8. The molecule has 0 radical (unpaired) electrons. The van der Waals surface area contributed by atoms with Gasteiger partial charge in [-0.2, -0.15) is 13.2 Å². The zero-order valence-electron chi connectivity index (χ0n) is 9.04. The fourth-order valence-corrected chi connectivity index (χ4v) is 2.88. The van der Waals surface area contributed by atoms with Crippen LogP contribution in [0.5, 0.6) is 0 Å². The van der Waals surface area contributed by atoms with E-state index in [1.165, 1.54) is 0 Å². The van der Waals surface area contributed by atoms with Crippen LogP contribution in [-0.2, 0) is 10.0 Å². The van der Waals surface area contributed by atoms with Crippen LogP contribution in [0.15, 0.2) is 17.2 Å². The minimum absolute atomic E-state index is 0.0609. The Hall–Kier alpha value is -0.220. The summed E-state index contributed by atoms with van der Waals surface area (Å²) in [5.41, 5.74) is -4.39. The second-order valence-electron chi connectivity index (χ2n) is 3.14. The highest BCUT2D eigenvalue weighted by Gasteiger charge is 2.27. The summed E-state index contributed by atoms with van der Waals surface area (Å²) in [7, 11) is -3.95. The van der Waals surface area contributed by atoms with E-state index in [-0.39, 0.29) is 33.4 Å². The lowest BCUT2D eigenvalue weighted by Gasteiger charge is -2.08. The molecule has 0 atom stereocenters. The van der Waals surface area contributed by atoms with Crippen molar-refractivity contribution in [3.63, 3.8) is 0 Å². The van der Waals surface area contributed by atoms with Crippen LogP contribution in [-0.4, -0.2) is 31.2 Å². The number of nitrogens with one attached hydrogen (secondary N) is 1. The van der Waals surface area contributed by atoms with Crippen LogP contribution in [0.1, 0.15) is 0 Å². The maximum Gasteiger partial charge on any atom is 0.441 e. The largest absolute Gasteiger partial charge is 0.441 e. The van der Waals surface area contributed by atoms with Crippen molar-refractivity contribution < 1.29 is 21.6 Å². The van der Waals surface area contributed by atoms with Gasteiger partial charge in [0.15, 0.2) is 0 Å². The lowest BCUT2D eigenvalue weighted by atomic mass is 10.5. The normalized spacial score (nSPS) is 12.7. The summed E-state index contributed by atoms with van der Waals surface area (Å²) in [6.45, 7) is -0.368. The van der Waals surface area contributed by atoms with E-state index in [0.29, 0.717) is 0 Å². The van der Waals surface area contributed by atoms with E-state index in [4.69, 9.17) is 23.2 Å². The van der Waals surface area contributed by atoms with Crippen molar-refractivity contribution in [2.24, 2.45) is 0 Å². The molecule has 0 unspecified atom stereocenters. The van der Waals surface area contributed by atoms with Crippen LogP contribution in [0.3, 0.4) is 0 Å². The molecule has 1 aromatic heterocycles. The quantitative estimate of drug-likeness (QED) is 0.652. The third-order valence-electron chi connectivity index (χ3n) is 1.74. The van der Waals surface area contributed by atoms with Gasteiger partial charge in [0.05, 0.1) is 5.02 Å². The minimum atomic E-state index is -4.39. The second kappa shape index (κ2) is 6.49. The van der Waals surface area contributed by atoms with Crippen molar-refractivity contribution in [3.8, 4) is 0 Å². The van der Waals surface area contributed by atoms with Crippen LogP contribution in [0.25, 0.3) is 0 Å². The highest BCUT2D eigenvalue weighted by atomic mass is 35.5. The molecule has 108 valence electrons. The van der Waals surface area contributed by atoms with E-state index in [1.807, 2.05) is 4.72 Å². The third-order valence-corrected chi connectivity index (χ3v) is 4.59. The summed E-state index contributed by atoms with van der Waals surface area (Å²) in [5, 5.41) is -0.123. The predicted octanol–water partition coefficient (Wildman–Crippen LogP) is 2.92. The Labute approximate surface area is 121 Å². The van der Waals surface area contributed by atoms with Gasteiger partial charge in [-0.15, -0.1) is 0 Å². The average Bonchev–Trinajstić information content (AvgIpc) is 2.27. The number of sulfonamides is 1. The number of halogens is 5. The van der Waals surface area contributed by atoms with Gasteiger partial charge in [-0.3, -0.25) is 0 Å². The van der Waals surface area contributed by atoms with Crippen molar-refractivity contribution in [2.75, 3.05) is 12.3 Å². The molecule has 0 saturated heterocycles. The molecular formula is C8H7Cl2F3N2O2S2. The van der Waals surface area contributed by atoms with Gasteiger partial charge in [0.25, 0.3) is 0 Å². The third kappa shape index (κ3) is 5.74. The molecule has 0 aliphatic heterocycles. The van der Waals surface area contributed by atoms with Gasteiger partial charge in [-0.25, -0.2) is 18.1 Å². The SMILES string of the molecule is O=S(=O)(NCCSC(F)(F)F)c1cnc(Cl)c(Cl)c1. The van der Waals surface area contributed by atoms with Gasteiger partial charge in [0.1, 0.15) is 10.0 Å². The molecule has 0 bridgehead atoms. The Bertz CT molecular complexity index is 551. The van der Waals surface area contributed by atoms with Gasteiger partial charge in [-0.1, -0.05) is 23.2 Å². The molecule has 11 heteroatoms. The maximum atomic E-state index is 11.8. The van der Waals surface area contributed by atoms with Crippen LogP contribution in [0, 0.1) is 0 Å². The average molecular weight is 355 g/mol. The minimum Gasteiger partial charge on any atom is -0.242 e. The molecule has 1 rings (SSSR count). The lowest BCUT2D eigenvalue weighted by molar-refractivity contribution is -0.0327. The fraction of sp³-hybridized carbons (Fsp3) is 0.375. The van der Waals surface area contributed by atoms with Crippen molar-refractivity contribution >= 4 is 45.0 Å². The van der Waals surface area contributed by atoms with Crippen molar-refractivity contribution in [1.29, 1.82) is 0 Å². The van der Waals surface area contributed by atoms with Crippen LogP contribution < -0.4 is 4.72 Å². The Morgan fingerprint density at radius 3 is 2.53 bits per heavy atom. The Kier molecular flexibility index (Phi) is 5.75. The summed E-state index contributed by atoms with van der Waals surface area (Å²) in [5.74, 6) is -0.433. The molecule has 1 N–H and O–H groups in total. The number of hydrogen-bond acceptors (Lipinski definition) is 4. The number of thioether (sulfide) groups is 1. The molecule has 0 fully saturated rings. The number of alkyl halides is 3.